The van der Waals surface area contributed by atoms with Crippen molar-refractivity contribution in [2.24, 2.45) is 23.7 Å². The number of hydrogen-bond acceptors (Lipinski definition) is 10. The van der Waals surface area contributed by atoms with E-state index in [0.29, 0.717) is 12.8 Å². The first-order valence-electron chi connectivity index (χ1n) is 18.0. The number of carbonyl (C=O) groups is 4. The molecule has 14 heteroatoms. The summed E-state index contributed by atoms with van der Waals surface area (Å²) in [6.07, 6.45) is -3.84. The third kappa shape index (κ3) is 16.0. The quantitative estimate of drug-likeness (QED) is 0.0878. The molecule has 2 aromatic carbocycles. The van der Waals surface area contributed by atoms with E-state index in [9.17, 15) is 29.4 Å². The Morgan fingerprint density at radius 3 is 1.17 bits per heavy atom. The number of aliphatic hydroxyl groups is 2. The van der Waals surface area contributed by atoms with Crippen molar-refractivity contribution >= 4 is 24.0 Å². The first kappa shape index (κ1) is 43.9. The summed E-state index contributed by atoms with van der Waals surface area (Å²) in [5.74, 6) is -1.54. The van der Waals surface area contributed by atoms with Crippen LogP contribution in [0.5, 0.6) is 0 Å². The fourth-order valence-corrected chi connectivity index (χ4v) is 5.47. The highest BCUT2D eigenvalue weighted by Gasteiger charge is 2.37. The van der Waals surface area contributed by atoms with E-state index in [1.54, 1.807) is 27.7 Å². The van der Waals surface area contributed by atoms with Crippen molar-refractivity contribution in [3.05, 3.63) is 71.8 Å². The Hall–Kier alpha value is -4.24. The predicted octanol–water partition coefficient (Wildman–Crippen LogP) is 3.68. The topological polar surface area (TPSA) is 199 Å². The van der Waals surface area contributed by atoms with Gasteiger partial charge in [0.2, 0.25) is 11.8 Å². The summed E-state index contributed by atoms with van der Waals surface area (Å²) >= 11 is 0. The molecule has 2 rings (SSSR count). The van der Waals surface area contributed by atoms with Gasteiger partial charge in [-0.05, 0) is 47.6 Å². The summed E-state index contributed by atoms with van der Waals surface area (Å²) in [4.78, 5) is 51.8. The third-order valence-corrected chi connectivity index (χ3v) is 8.26. The molecule has 0 radical (unpaired) electrons. The highest BCUT2D eigenvalue weighted by atomic mass is 16.6. The van der Waals surface area contributed by atoms with Crippen LogP contribution in [0.3, 0.4) is 0 Å². The molecule has 52 heavy (non-hydrogen) atoms. The van der Waals surface area contributed by atoms with E-state index in [0.717, 1.165) is 11.1 Å². The lowest BCUT2D eigenvalue weighted by atomic mass is 9.88. The summed E-state index contributed by atoms with van der Waals surface area (Å²) in [5, 5.41) is 28.8. The summed E-state index contributed by atoms with van der Waals surface area (Å²) in [7, 11) is 0. The highest BCUT2D eigenvalue weighted by Crippen LogP contribution is 2.19. The van der Waals surface area contributed by atoms with Gasteiger partial charge in [0.05, 0.1) is 12.1 Å². The monoisotopic (exact) mass is 728 g/mol. The molecule has 0 aliphatic carbocycles. The lowest BCUT2D eigenvalue weighted by Crippen LogP contribution is -2.62. The van der Waals surface area contributed by atoms with Crippen molar-refractivity contribution < 1.29 is 38.9 Å². The van der Waals surface area contributed by atoms with E-state index in [1.807, 2.05) is 88.4 Å². The SMILES string of the molecule is CC(C)C[C@H](NC(=O)[C@@H](NNC(=O)OCc1ccccc1)C(C)C)[C@@H](O)[C@H](O)[C@H](CC(C)C)NC(=O)[C@@H](NNC(=O)OCc1ccccc1)C(C)C. The van der Waals surface area contributed by atoms with Crippen LogP contribution in [0.1, 0.15) is 79.4 Å². The van der Waals surface area contributed by atoms with Gasteiger partial charge in [-0.2, -0.15) is 0 Å². The molecule has 0 aromatic heterocycles. The second kappa shape index (κ2) is 22.6. The molecule has 8 N–H and O–H groups in total. The van der Waals surface area contributed by atoms with Gasteiger partial charge in [-0.3, -0.25) is 20.4 Å². The maximum atomic E-state index is 13.6. The van der Waals surface area contributed by atoms with Crippen molar-refractivity contribution in [1.29, 1.82) is 0 Å². The zero-order chi connectivity index (χ0) is 38.8. The van der Waals surface area contributed by atoms with Crippen LogP contribution in [0.4, 0.5) is 9.59 Å². The lowest BCUT2D eigenvalue weighted by Gasteiger charge is -2.36. The van der Waals surface area contributed by atoms with E-state index >= 15 is 0 Å². The Morgan fingerprint density at radius 1 is 0.558 bits per heavy atom. The first-order valence-corrected chi connectivity index (χ1v) is 18.0. The molecule has 290 valence electrons. The van der Waals surface area contributed by atoms with Gasteiger partial charge in [0.25, 0.3) is 0 Å². The van der Waals surface area contributed by atoms with Crippen LogP contribution in [0.2, 0.25) is 0 Å². The number of hydrazine groups is 2. The zero-order valence-corrected chi connectivity index (χ0v) is 31.7. The Morgan fingerprint density at radius 2 is 0.885 bits per heavy atom. The normalized spacial score (nSPS) is 15.0. The molecule has 0 saturated carbocycles. The number of carbonyl (C=O) groups excluding carboxylic acids is 4. The van der Waals surface area contributed by atoms with Crippen LogP contribution in [-0.2, 0) is 32.3 Å². The second-order valence-corrected chi connectivity index (χ2v) is 14.6. The van der Waals surface area contributed by atoms with Crippen molar-refractivity contribution in [3.8, 4) is 0 Å². The molecule has 0 unspecified atom stereocenters. The maximum absolute atomic E-state index is 13.6. The molecule has 0 fully saturated rings. The smallest absolute Gasteiger partial charge is 0.421 e. The van der Waals surface area contributed by atoms with Crippen LogP contribution in [0.15, 0.2) is 60.7 Å². The maximum Gasteiger partial charge on any atom is 0.421 e. The Balaban J connectivity index is 2.09. The summed E-state index contributed by atoms with van der Waals surface area (Å²) in [5.41, 5.74) is 11.9. The van der Waals surface area contributed by atoms with Gasteiger partial charge < -0.3 is 30.3 Å². The van der Waals surface area contributed by atoms with Crippen LogP contribution < -0.4 is 32.3 Å². The number of amides is 4. The number of rotatable bonds is 21. The van der Waals surface area contributed by atoms with Gasteiger partial charge in [-0.1, -0.05) is 116 Å². The van der Waals surface area contributed by atoms with Crippen LogP contribution in [0.25, 0.3) is 0 Å². The van der Waals surface area contributed by atoms with Crippen LogP contribution >= 0.6 is 0 Å². The fourth-order valence-electron chi connectivity index (χ4n) is 5.47. The van der Waals surface area contributed by atoms with Gasteiger partial charge in [-0.25, -0.2) is 20.4 Å². The molecule has 0 saturated heterocycles. The summed E-state index contributed by atoms with van der Waals surface area (Å²) < 4.78 is 10.5. The van der Waals surface area contributed by atoms with Crippen molar-refractivity contribution in [2.75, 3.05) is 0 Å². The van der Waals surface area contributed by atoms with E-state index in [4.69, 9.17) is 9.47 Å². The third-order valence-electron chi connectivity index (χ3n) is 8.26. The minimum Gasteiger partial charge on any atom is -0.444 e. The van der Waals surface area contributed by atoms with E-state index in [-0.39, 0.29) is 36.9 Å². The largest absolute Gasteiger partial charge is 0.444 e. The molecule has 2 aromatic rings. The van der Waals surface area contributed by atoms with E-state index in [1.165, 1.54) is 0 Å². The molecule has 6 atom stereocenters. The van der Waals surface area contributed by atoms with Crippen molar-refractivity contribution in [1.82, 2.24) is 32.3 Å². The van der Waals surface area contributed by atoms with Crippen molar-refractivity contribution in [3.63, 3.8) is 0 Å². The number of nitrogens with one attached hydrogen (secondary N) is 6. The molecule has 14 nitrogen and oxygen atoms in total. The second-order valence-electron chi connectivity index (χ2n) is 14.6. The Bertz CT molecular complexity index is 1260. The van der Waals surface area contributed by atoms with Gasteiger partial charge >= 0.3 is 12.2 Å². The Labute approximate surface area is 308 Å². The molecule has 0 bridgehead atoms. The molecule has 0 heterocycles. The average Bonchev–Trinajstić information content (AvgIpc) is 3.09. The van der Waals surface area contributed by atoms with E-state index < -0.39 is 60.4 Å². The standard InChI is InChI=1S/C38H60N6O8/c1-23(2)19-29(39-35(47)31(25(5)6)41-43-37(49)51-21-27-15-11-9-12-16-27)33(45)34(46)30(20-24(3)4)40-36(48)32(26(7)8)42-44-38(50)52-22-28-17-13-10-14-18-28/h9-18,23-26,29-34,41-42,45-46H,19-22H2,1-8H3,(H,39,47)(H,40,48)(H,43,49)(H,44,50)/t29-,30-,31-,32-,33+,34+/m0/s1. The lowest BCUT2D eigenvalue weighted by molar-refractivity contribution is -0.130. The summed E-state index contributed by atoms with van der Waals surface area (Å²) in [6.45, 7) is 15.0. The number of benzene rings is 2. The van der Waals surface area contributed by atoms with Gasteiger partial charge in [0.1, 0.15) is 37.5 Å². The van der Waals surface area contributed by atoms with E-state index in [2.05, 4.69) is 32.3 Å². The molecule has 0 spiro atoms. The highest BCUT2D eigenvalue weighted by molar-refractivity contribution is 5.83. The average molecular weight is 729 g/mol. The summed E-state index contributed by atoms with van der Waals surface area (Å²) in [6, 6.07) is 14.7. The minimum atomic E-state index is -1.47. The molecule has 0 aliphatic heterocycles. The fraction of sp³-hybridized carbons (Fsp3) is 0.579. The van der Waals surface area contributed by atoms with Crippen LogP contribution in [-0.4, -0.2) is 70.6 Å². The predicted molar refractivity (Wildman–Crippen MR) is 198 cm³/mol. The molecule has 0 aliphatic rings. The van der Waals surface area contributed by atoms with Crippen LogP contribution in [0, 0.1) is 23.7 Å². The van der Waals surface area contributed by atoms with Gasteiger partial charge in [-0.15, -0.1) is 0 Å². The minimum absolute atomic E-state index is 0.0177. The van der Waals surface area contributed by atoms with Crippen molar-refractivity contribution in [2.45, 2.75) is 118 Å². The Kier molecular flexibility index (Phi) is 19.1. The first-order chi connectivity index (χ1) is 24.6. The molecule has 4 amide bonds. The number of ether oxygens (including phenoxy) is 2. The zero-order valence-electron chi connectivity index (χ0n) is 31.7. The van der Waals surface area contributed by atoms with Gasteiger partial charge in [0, 0.05) is 0 Å². The number of hydrogen-bond donors (Lipinski definition) is 8. The number of aliphatic hydroxyl groups excluding tert-OH is 2. The molecular weight excluding hydrogens is 668 g/mol. The van der Waals surface area contributed by atoms with Gasteiger partial charge in [0.15, 0.2) is 0 Å². The molecular formula is C38H60N6O8.